The van der Waals surface area contributed by atoms with Crippen LogP contribution in [0.4, 0.5) is 10.8 Å². The highest BCUT2D eigenvalue weighted by Crippen LogP contribution is 2.35. The number of hydrazine groups is 1. The first-order chi connectivity index (χ1) is 14.4. The van der Waals surface area contributed by atoms with Crippen LogP contribution in [0.25, 0.3) is 0 Å². The zero-order valence-electron chi connectivity index (χ0n) is 16.5. The predicted molar refractivity (Wildman–Crippen MR) is 115 cm³/mol. The Hall–Kier alpha value is -2.63. The van der Waals surface area contributed by atoms with Crippen molar-refractivity contribution >= 4 is 51.6 Å². The van der Waals surface area contributed by atoms with E-state index in [0.717, 1.165) is 23.1 Å². The molecule has 0 aliphatic carbocycles. The van der Waals surface area contributed by atoms with Gasteiger partial charge in [-0.1, -0.05) is 11.3 Å². The first-order valence-corrected chi connectivity index (χ1v) is 11.1. The lowest BCUT2D eigenvalue weighted by Gasteiger charge is -2.25. The van der Waals surface area contributed by atoms with Gasteiger partial charge in [-0.25, -0.2) is 4.98 Å². The number of rotatable bonds is 3. The van der Waals surface area contributed by atoms with Crippen molar-refractivity contribution in [3.05, 3.63) is 34.3 Å². The van der Waals surface area contributed by atoms with E-state index in [2.05, 4.69) is 26.1 Å². The third-order valence-electron chi connectivity index (χ3n) is 4.74. The van der Waals surface area contributed by atoms with E-state index >= 15 is 0 Å². The zero-order chi connectivity index (χ0) is 21.3. The molecule has 3 N–H and O–H groups in total. The Labute approximate surface area is 181 Å². The molecule has 1 aromatic carbocycles. The number of benzene rings is 1. The van der Waals surface area contributed by atoms with Crippen molar-refractivity contribution in [2.24, 2.45) is 0 Å². The van der Waals surface area contributed by atoms with Crippen molar-refractivity contribution in [1.29, 1.82) is 0 Å². The smallest absolute Gasteiger partial charge is 0.281 e. The van der Waals surface area contributed by atoms with Gasteiger partial charge in [0.05, 0.1) is 29.8 Å². The molecule has 9 nitrogen and oxygen atoms in total. The fourth-order valence-corrected chi connectivity index (χ4v) is 5.02. The molecule has 11 heteroatoms. The normalized spacial score (nSPS) is 18.4. The molecule has 3 heterocycles. The topological polar surface area (TPSA) is 113 Å². The summed E-state index contributed by atoms with van der Waals surface area (Å²) in [5.41, 5.74) is 6.41. The lowest BCUT2D eigenvalue weighted by atomic mass is 10.2. The summed E-state index contributed by atoms with van der Waals surface area (Å²) >= 11 is 2.73. The van der Waals surface area contributed by atoms with Gasteiger partial charge in [-0.2, -0.15) is 0 Å². The number of carbonyl (C=O) groups excluding carboxylic acids is 3. The monoisotopic (exact) mass is 447 g/mol. The number of thioether (sulfide) groups is 1. The Morgan fingerprint density at radius 3 is 2.73 bits per heavy atom. The molecule has 0 bridgehead atoms. The number of nitrogens with zero attached hydrogens (tertiary/aromatic N) is 2. The highest BCUT2D eigenvalue weighted by Gasteiger charge is 2.24. The van der Waals surface area contributed by atoms with E-state index < -0.39 is 11.8 Å². The molecule has 2 aromatic rings. The average molecular weight is 448 g/mol. The van der Waals surface area contributed by atoms with E-state index in [1.807, 2.05) is 6.92 Å². The number of morpholine rings is 1. The summed E-state index contributed by atoms with van der Waals surface area (Å²) in [6, 6.07) is 5.04. The molecule has 0 saturated carbocycles. The van der Waals surface area contributed by atoms with Crippen LogP contribution >= 0.6 is 23.1 Å². The summed E-state index contributed by atoms with van der Waals surface area (Å²) in [6.07, 6.45) is 0. The van der Waals surface area contributed by atoms with Crippen LogP contribution in [0.1, 0.15) is 32.6 Å². The maximum absolute atomic E-state index is 12.6. The number of anilines is 2. The van der Waals surface area contributed by atoms with E-state index in [1.165, 1.54) is 23.1 Å². The molecule has 1 aromatic heterocycles. The number of thiazole rings is 1. The fraction of sp³-hybridized carbons (Fsp3) is 0.368. The van der Waals surface area contributed by atoms with Crippen molar-refractivity contribution in [3.63, 3.8) is 0 Å². The van der Waals surface area contributed by atoms with Crippen molar-refractivity contribution in [2.75, 3.05) is 36.5 Å². The lowest BCUT2D eigenvalue weighted by molar-refractivity contribution is -0.115. The SMILES string of the molecule is Cc1nc(N2CCOCC2)sc1C(=O)NNC(=O)c1ccc2c(c1)NC(=O)C(C)S2. The number of hydrogen-bond donors (Lipinski definition) is 3. The largest absolute Gasteiger partial charge is 0.378 e. The molecule has 30 heavy (non-hydrogen) atoms. The molecule has 0 radical (unpaired) electrons. The first kappa shape index (κ1) is 20.6. The molecule has 1 saturated heterocycles. The number of ether oxygens (including phenoxy) is 1. The van der Waals surface area contributed by atoms with Gasteiger partial charge in [-0.3, -0.25) is 25.2 Å². The zero-order valence-corrected chi connectivity index (χ0v) is 18.1. The van der Waals surface area contributed by atoms with Crippen LogP contribution in [0.15, 0.2) is 23.1 Å². The number of amides is 3. The van der Waals surface area contributed by atoms with Crippen LogP contribution in [-0.4, -0.2) is 54.3 Å². The van der Waals surface area contributed by atoms with Crippen LogP contribution in [0.5, 0.6) is 0 Å². The van der Waals surface area contributed by atoms with Gasteiger partial charge in [0.2, 0.25) is 5.91 Å². The Kier molecular flexibility index (Phi) is 5.93. The molecule has 3 amide bonds. The third-order valence-corrected chi connectivity index (χ3v) is 7.13. The Balaban J connectivity index is 1.39. The molecule has 1 unspecified atom stereocenters. The van der Waals surface area contributed by atoms with E-state index in [9.17, 15) is 14.4 Å². The molecule has 0 spiro atoms. The minimum atomic E-state index is -0.473. The second-order valence-corrected chi connectivity index (χ2v) is 9.24. The minimum absolute atomic E-state index is 0.102. The summed E-state index contributed by atoms with van der Waals surface area (Å²) < 4.78 is 5.34. The van der Waals surface area contributed by atoms with Gasteiger partial charge in [-0.05, 0) is 32.0 Å². The van der Waals surface area contributed by atoms with Crippen LogP contribution in [0.2, 0.25) is 0 Å². The van der Waals surface area contributed by atoms with Crippen molar-refractivity contribution in [2.45, 2.75) is 24.0 Å². The molecule has 158 valence electrons. The minimum Gasteiger partial charge on any atom is -0.378 e. The molecular weight excluding hydrogens is 426 g/mol. The van der Waals surface area contributed by atoms with Crippen LogP contribution < -0.4 is 21.1 Å². The van der Waals surface area contributed by atoms with Gasteiger partial charge in [0, 0.05) is 23.5 Å². The summed E-state index contributed by atoms with van der Waals surface area (Å²) in [6.45, 7) is 6.32. The van der Waals surface area contributed by atoms with Gasteiger partial charge >= 0.3 is 0 Å². The average Bonchev–Trinajstić information content (AvgIpc) is 3.14. The van der Waals surface area contributed by atoms with E-state index in [1.54, 1.807) is 25.1 Å². The number of nitrogens with one attached hydrogen (secondary N) is 3. The summed E-state index contributed by atoms with van der Waals surface area (Å²) in [4.78, 5) is 44.8. The van der Waals surface area contributed by atoms with Crippen molar-refractivity contribution < 1.29 is 19.1 Å². The second-order valence-electron chi connectivity index (χ2n) is 6.88. The van der Waals surface area contributed by atoms with Gasteiger partial charge in [-0.15, -0.1) is 11.8 Å². The highest BCUT2D eigenvalue weighted by atomic mass is 32.2. The van der Waals surface area contributed by atoms with Gasteiger partial charge in [0.1, 0.15) is 4.88 Å². The number of carbonyl (C=O) groups is 3. The highest BCUT2D eigenvalue weighted by molar-refractivity contribution is 8.00. The van der Waals surface area contributed by atoms with E-state index in [-0.39, 0.29) is 11.2 Å². The summed E-state index contributed by atoms with van der Waals surface area (Å²) in [5.74, 6) is -0.997. The Bertz CT molecular complexity index is 1000. The predicted octanol–water partition coefficient (Wildman–Crippen LogP) is 1.80. The molecule has 2 aliphatic heterocycles. The molecule has 1 atom stereocenters. The van der Waals surface area contributed by atoms with Gasteiger partial charge in [0.25, 0.3) is 11.8 Å². The number of fused-ring (bicyclic) bond motifs is 1. The maximum Gasteiger partial charge on any atom is 0.281 e. The fourth-order valence-electron chi connectivity index (χ4n) is 3.08. The number of aryl methyl sites for hydroxylation is 1. The van der Waals surface area contributed by atoms with Crippen molar-refractivity contribution in [1.82, 2.24) is 15.8 Å². The van der Waals surface area contributed by atoms with E-state index in [4.69, 9.17) is 4.74 Å². The second kappa shape index (κ2) is 8.62. The maximum atomic E-state index is 12.6. The number of hydrogen-bond acceptors (Lipinski definition) is 8. The molecule has 4 rings (SSSR count). The van der Waals surface area contributed by atoms with Gasteiger partial charge < -0.3 is 15.0 Å². The first-order valence-electron chi connectivity index (χ1n) is 9.45. The Morgan fingerprint density at radius 2 is 1.97 bits per heavy atom. The van der Waals surface area contributed by atoms with Gasteiger partial charge in [0.15, 0.2) is 5.13 Å². The molecule has 1 fully saturated rings. The van der Waals surface area contributed by atoms with Crippen molar-refractivity contribution in [3.8, 4) is 0 Å². The van der Waals surface area contributed by atoms with Crippen LogP contribution in [-0.2, 0) is 9.53 Å². The lowest BCUT2D eigenvalue weighted by Crippen LogP contribution is -2.41. The molecule has 2 aliphatic rings. The summed E-state index contributed by atoms with van der Waals surface area (Å²) in [7, 11) is 0. The van der Waals surface area contributed by atoms with E-state index in [0.29, 0.717) is 35.0 Å². The Morgan fingerprint density at radius 1 is 1.23 bits per heavy atom. The standard InChI is InChI=1S/C19H21N5O4S2/c1-10-15(30-19(20-10)24-5-7-28-8-6-24)18(27)23-22-17(26)12-3-4-14-13(9-12)21-16(25)11(2)29-14/h3-4,9,11H,5-8H2,1-2H3,(H,21,25)(H,22,26)(H,23,27). The van der Waals surface area contributed by atoms with Crippen LogP contribution in [0.3, 0.4) is 0 Å². The third kappa shape index (κ3) is 4.27. The van der Waals surface area contributed by atoms with Crippen LogP contribution in [0, 0.1) is 6.92 Å². The quantitative estimate of drug-likeness (QED) is 0.615. The molecular formula is C19H21N5O4S2. The summed E-state index contributed by atoms with van der Waals surface area (Å²) in [5, 5.41) is 3.38. The number of aromatic nitrogens is 1.